The van der Waals surface area contributed by atoms with Crippen LogP contribution in [0.1, 0.15) is 55.4 Å². The van der Waals surface area contributed by atoms with Gasteiger partial charge in [-0.15, -0.1) is 0 Å². The Kier molecular flexibility index (Phi) is 5.16. The van der Waals surface area contributed by atoms with Crippen molar-refractivity contribution >= 4 is 22.8 Å². The SMILES string of the molecule is CCC(C)N1CCN(c2nc(C(C)C)c(C=O)s2)CC1. The first-order chi connectivity index (χ1) is 9.56. The third-order valence-electron chi connectivity index (χ3n) is 4.12. The Labute approximate surface area is 125 Å². The lowest BCUT2D eigenvalue weighted by atomic mass is 10.1. The molecule has 2 rings (SSSR count). The van der Waals surface area contributed by atoms with Crippen LogP contribution in [0, 0.1) is 0 Å². The number of piperazine rings is 1. The number of hydrogen-bond acceptors (Lipinski definition) is 5. The molecule has 1 aromatic heterocycles. The maximum absolute atomic E-state index is 11.2. The highest BCUT2D eigenvalue weighted by Gasteiger charge is 2.23. The van der Waals surface area contributed by atoms with Gasteiger partial charge < -0.3 is 4.90 Å². The third-order valence-corrected chi connectivity index (χ3v) is 5.18. The predicted octanol–water partition coefficient (Wildman–Crippen LogP) is 3.00. The number of thiazole rings is 1. The molecule has 20 heavy (non-hydrogen) atoms. The zero-order chi connectivity index (χ0) is 14.7. The molecule has 1 aliphatic rings. The minimum atomic E-state index is 0.307. The number of carbonyl (C=O) groups is 1. The molecule has 0 saturated carbocycles. The smallest absolute Gasteiger partial charge is 0.186 e. The second kappa shape index (κ2) is 6.68. The van der Waals surface area contributed by atoms with Crippen molar-refractivity contribution in [2.24, 2.45) is 0 Å². The van der Waals surface area contributed by atoms with Gasteiger partial charge in [0.05, 0.1) is 10.6 Å². The standard InChI is InChI=1S/C15H25N3OS/c1-5-12(4)17-6-8-18(9-7-17)15-16-14(11(2)3)13(10-19)20-15/h10-12H,5-9H2,1-4H3. The molecule has 0 aromatic carbocycles. The van der Waals surface area contributed by atoms with Crippen LogP contribution in [-0.2, 0) is 0 Å². The molecule has 0 radical (unpaired) electrons. The number of anilines is 1. The van der Waals surface area contributed by atoms with Crippen LogP contribution in [0.15, 0.2) is 0 Å². The van der Waals surface area contributed by atoms with Gasteiger partial charge in [0.15, 0.2) is 11.4 Å². The van der Waals surface area contributed by atoms with Crippen LogP contribution in [0.25, 0.3) is 0 Å². The molecule has 2 heterocycles. The van der Waals surface area contributed by atoms with Crippen LogP contribution in [0.4, 0.5) is 5.13 Å². The van der Waals surface area contributed by atoms with E-state index in [4.69, 9.17) is 0 Å². The second-order valence-electron chi connectivity index (χ2n) is 5.80. The molecule has 5 heteroatoms. The lowest BCUT2D eigenvalue weighted by molar-refractivity contribution is 0.112. The maximum Gasteiger partial charge on any atom is 0.186 e. The van der Waals surface area contributed by atoms with Crippen molar-refractivity contribution in [3.05, 3.63) is 10.6 Å². The van der Waals surface area contributed by atoms with E-state index >= 15 is 0 Å². The fourth-order valence-electron chi connectivity index (χ4n) is 2.58. The van der Waals surface area contributed by atoms with Crippen LogP contribution < -0.4 is 4.90 Å². The van der Waals surface area contributed by atoms with Gasteiger partial charge in [-0.05, 0) is 19.3 Å². The monoisotopic (exact) mass is 295 g/mol. The summed E-state index contributed by atoms with van der Waals surface area (Å²) < 4.78 is 0. The van der Waals surface area contributed by atoms with E-state index in [1.807, 2.05) is 0 Å². The summed E-state index contributed by atoms with van der Waals surface area (Å²) in [4.78, 5) is 21.5. The summed E-state index contributed by atoms with van der Waals surface area (Å²) in [6.07, 6.45) is 2.15. The zero-order valence-corrected chi connectivity index (χ0v) is 13.7. The van der Waals surface area contributed by atoms with E-state index < -0.39 is 0 Å². The van der Waals surface area contributed by atoms with Gasteiger partial charge in [-0.2, -0.15) is 0 Å². The van der Waals surface area contributed by atoms with Crippen LogP contribution in [0.5, 0.6) is 0 Å². The van der Waals surface area contributed by atoms with Crippen LogP contribution in [0.2, 0.25) is 0 Å². The summed E-state index contributed by atoms with van der Waals surface area (Å²) in [5, 5.41) is 1.01. The molecule has 1 aliphatic heterocycles. The quantitative estimate of drug-likeness (QED) is 0.783. The second-order valence-corrected chi connectivity index (χ2v) is 6.81. The first-order valence-electron chi connectivity index (χ1n) is 7.51. The molecule has 0 amide bonds. The van der Waals surface area contributed by atoms with Crippen molar-refractivity contribution in [1.82, 2.24) is 9.88 Å². The average Bonchev–Trinajstić information content (AvgIpc) is 2.91. The van der Waals surface area contributed by atoms with Gasteiger partial charge >= 0.3 is 0 Å². The van der Waals surface area contributed by atoms with Crippen molar-refractivity contribution in [3.63, 3.8) is 0 Å². The Balaban J connectivity index is 2.05. The number of aldehydes is 1. The van der Waals surface area contributed by atoms with E-state index in [0.29, 0.717) is 12.0 Å². The van der Waals surface area contributed by atoms with Gasteiger partial charge in [0.25, 0.3) is 0 Å². The molecule has 0 spiro atoms. The molecule has 1 saturated heterocycles. The van der Waals surface area contributed by atoms with E-state index in [1.165, 1.54) is 17.8 Å². The number of nitrogens with zero attached hydrogens (tertiary/aromatic N) is 3. The summed E-state index contributed by atoms with van der Waals surface area (Å²) >= 11 is 1.54. The van der Waals surface area contributed by atoms with Crippen molar-refractivity contribution in [3.8, 4) is 0 Å². The fraction of sp³-hybridized carbons (Fsp3) is 0.733. The Bertz CT molecular complexity index is 450. The largest absolute Gasteiger partial charge is 0.346 e. The number of rotatable bonds is 5. The van der Waals surface area contributed by atoms with Gasteiger partial charge in [0.2, 0.25) is 0 Å². The summed E-state index contributed by atoms with van der Waals surface area (Å²) in [7, 11) is 0. The fourth-order valence-corrected chi connectivity index (χ4v) is 3.66. The number of aromatic nitrogens is 1. The van der Waals surface area contributed by atoms with Gasteiger partial charge in [0.1, 0.15) is 0 Å². The normalized spacial score (nSPS) is 18.6. The van der Waals surface area contributed by atoms with Gasteiger partial charge in [-0.25, -0.2) is 4.98 Å². The summed E-state index contributed by atoms with van der Waals surface area (Å²) in [5.41, 5.74) is 0.948. The van der Waals surface area contributed by atoms with Crippen LogP contribution >= 0.6 is 11.3 Å². The lowest BCUT2D eigenvalue weighted by Crippen LogP contribution is -2.49. The van der Waals surface area contributed by atoms with E-state index in [-0.39, 0.29) is 0 Å². The molecule has 0 bridgehead atoms. The highest BCUT2D eigenvalue weighted by molar-refractivity contribution is 7.17. The van der Waals surface area contributed by atoms with Crippen molar-refractivity contribution in [2.75, 3.05) is 31.1 Å². The summed E-state index contributed by atoms with van der Waals surface area (Å²) in [6.45, 7) is 12.9. The molecule has 0 aliphatic carbocycles. The summed E-state index contributed by atoms with van der Waals surface area (Å²) in [6, 6.07) is 0.658. The zero-order valence-electron chi connectivity index (χ0n) is 12.9. The first kappa shape index (κ1) is 15.4. The molecule has 1 fully saturated rings. The Morgan fingerprint density at radius 2 is 1.90 bits per heavy atom. The van der Waals surface area contributed by atoms with Crippen molar-refractivity contribution < 1.29 is 4.79 Å². The van der Waals surface area contributed by atoms with Gasteiger partial charge in [-0.3, -0.25) is 9.69 Å². The number of hydrogen-bond donors (Lipinski definition) is 0. The Morgan fingerprint density at radius 1 is 1.25 bits per heavy atom. The van der Waals surface area contributed by atoms with Gasteiger partial charge in [-0.1, -0.05) is 32.1 Å². The molecule has 4 nitrogen and oxygen atoms in total. The van der Waals surface area contributed by atoms with Crippen molar-refractivity contribution in [2.45, 2.75) is 46.1 Å². The van der Waals surface area contributed by atoms with E-state index in [0.717, 1.165) is 48.2 Å². The van der Waals surface area contributed by atoms with Gasteiger partial charge in [0, 0.05) is 32.2 Å². The maximum atomic E-state index is 11.2. The molecule has 1 unspecified atom stereocenters. The molecule has 1 aromatic rings. The molecular formula is C15H25N3OS. The topological polar surface area (TPSA) is 36.4 Å². The van der Waals surface area contributed by atoms with Crippen LogP contribution in [-0.4, -0.2) is 48.4 Å². The molecule has 112 valence electrons. The predicted molar refractivity (Wildman–Crippen MR) is 85.1 cm³/mol. The highest BCUT2D eigenvalue weighted by Crippen LogP contribution is 2.30. The molecular weight excluding hydrogens is 270 g/mol. The Morgan fingerprint density at radius 3 is 2.35 bits per heavy atom. The van der Waals surface area contributed by atoms with E-state index in [2.05, 4.69) is 42.5 Å². The van der Waals surface area contributed by atoms with Crippen LogP contribution in [0.3, 0.4) is 0 Å². The Hall–Kier alpha value is -0.940. The van der Waals surface area contributed by atoms with E-state index in [9.17, 15) is 4.79 Å². The molecule has 1 atom stereocenters. The third kappa shape index (κ3) is 3.20. The molecule has 0 N–H and O–H groups in total. The highest BCUT2D eigenvalue weighted by atomic mass is 32.1. The first-order valence-corrected chi connectivity index (χ1v) is 8.33. The average molecular weight is 295 g/mol. The minimum absolute atomic E-state index is 0.307. The summed E-state index contributed by atoms with van der Waals surface area (Å²) in [5.74, 6) is 0.307. The number of carbonyl (C=O) groups excluding carboxylic acids is 1. The van der Waals surface area contributed by atoms with E-state index in [1.54, 1.807) is 0 Å². The minimum Gasteiger partial charge on any atom is -0.346 e. The van der Waals surface area contributed by atoms with Crippen molar-refractivity contribution in [1.29, 1.82) is 0 Å². The lowest BCUT2D eigenvalue weighted by Gasteiger charge is -2.37.